The Kier molecular flexibility index (Phi) is 5.50. The van der Waals surface area contributed by atoms with E-state index in [0.717, 1.165) is 6.07 Å². The Morgan fingerprint density at radius 2 is 1.61 bits per heavy atom. The Balaban J connectivity index is 1.58. The van der Waals surface area contributed by atoms with Gasteiger partial charge in [0.25, 0.3) is 15.9 Å². The zero-order valence-corrected chi connectivity index (χ0v) is 17.4. The molecule has 0 aliphatic rings. The van der Waals surface area contributed by atoms with E-state index in [0.29, 0.717) is 16.1 Å². The lowest BCUT2D eigenvalue weighted by molar-refractivity contribution is 0.0997. The monoisotopic (exact) mass is 454 g/mol. The first-order valence-electron chi connectivity index (χ1n) is 9.04. The fraction of sp³-hybridized carbons (Fsp3) is 0. The molecule has 0 saturated heterocycles. The van der Waals surface area contributed by atoms with E-state index in [2.05, 4.69) is 10.0 Å². The molecule has 156 valence electrons. The average Bonchev–Trinajstić information content (AvgIpc) is 2.75. The highest BCUT2D eigenvalue weighted by atomic mass is 35.5. The summed E-state index contributed by atoms with van der Waals surface area (Å²) in [5, 5.41) is 3.39. The number of hydrogen-bond acceptors (Lipinski definition) is 5. The first-order valence-corrected chi connectivity index (χ1v) is 10.9. The maximum Gasteiger partial charge on any atom is 0.291 e. The van der Waals surface area contributed by atoms with Crippen molar-refractivity contribution in [3.05, 3.63) is 99.9 Å². The number of sulfonamides is 1. The Morgan fingerprint density at radius 3 is 2.39 bits per heavy atom. The van der Waals surface area contributed by atoms with Gasteiger partial charge in [0.2, 0.25) is 0 Å². The highest BCUT2D eigenvalue weighted by Gasteiger charge is 2.17. The van der Waals surface area contributed by atoms with E-state index < -0.39 is 15.9 Å². The van der Waals surface area contributed by atoms with Gasteiger partial charge in [-0.05, 0) is 54.6 Å². The highest BCUT2D eigenvalue weighted by Crippen LogP contribution is 2.21. The SMILES string of the molecule is O=C(Nc1cccc(S(=O)(=O)Nc2ccc(Cl)cc2)c1)c1cc(=O)c2ccccc2o1. The molecule has 1 aromatic heterocycles. The molecular formula is C22H15ClN2O5S. The summed E-state index contributed by atoms with van der Waals surface area (Å²) < 4.78 is 33.3. The number of amides is 1. The van der Waals surface area contributed by atoms with Crippen LogP contribution in [0.1, 0.15) is 10.6 Å². The van der Waals surface area contributed by atoms with E-state index in [-0.39, 0.29) is 27.4 Å². The number of rotatable bonds is 5. The van der Waals surface area contributed by atoms with Gasteiger partial charge in [0.05, 0.1) is 10.3 Å². The van der Waals surface area contributed by atoms with Gasteiger partial charge in [-0.25, -0.2) is 8.42 Å². The Hall–Kier alpha value is -3.62. The fourth-order valence-electron chi connectivity index (χ4n) is 2.88. The molecule has 4 rings (SSSR count). The molecular weight excluding hydrogens is 440 g/mol. The largest absolute Gasteiger partial charge is 0.451 e. The van der Waals surface area contributed by atoms with Crippen LogP contribution in [0.3, 0.4) is 0 Å². The summed E-state index contributed by atoms with van der Waals surface area (Å²) in [7, 11) is -3.90. The van der Waals surface area contributed by atoms with Crippen LogP contribution in [0.25, 0.3) is 11.0 Å². The van der Waals surface area contributed by atoms with Crippen LogP contribution in [0.4, 0.5) is 11.4 Å². The van der Waals surface area contributed by atoms with E-state index in [1.165, 1.54) is 36.4 Å². The summed E-state index contributed by atoms with van der Waals surface area (Å²) in [6, 6.07) is 19.6. The number of anilines is 2. The normalized spacial score (nSPS) is 11.3. The van der Waals surface area contributed by atoms with Gasteiger partial charge in [0, 0.05) is 22.5 Å². The topological polar surface area (TPSA) is 105 Å². The molecule has 0 saturated carbocycles. The molecule has 0 aliphatic heterocycles. The van der Waals surface area contributed by atoms with Gasteiger partial charge in [0.15, 0.2) is 11.2 Å². The van der Waals surface area contributed by atoms with Crippen molar-refractivity contribution in [3.63, 3.8) is 0 Å². The summed E-state index contributed by atoms with van der Waals surface area (Å²) in [6.07, 6.45) is 0. The molecule has 0 unspecified atom stereocenters. The average molecular weight is 455 g/mol. The first-order chi connectivity index (χ1) is 14.8. The molecule has 0 atom stereocenters. The van der Waals surface area contributed by atoms with Crippen LogP contribution in [0.5, 0.6) is 0 Å². The molecule has 1 amide bonds. The van der Waals surface area contributed by atoms with Crippen molar-refractivity contribution in [2.45, 2.75) is 4.90 Å². The lowest BCUT2D eigenvalue weighted by Crippen LogP contribution is -2.16. The van der Waals surface area contributed by atoms with Crippen LogP contribution in [0.15, 0.2) is 93.0 Å². The number of halogens is 1. The van der Waals surface area contributed by atoms with Gasteiger partial charge in [0.1, 0.15) is 5.58 Å². The molecule has 31 heavy (non-hydrogen) atoms. The van der Waals surface area contributed by atoms with Gasteiger partial charge < -0.3 is 9.73 Å². The van der Waals surface area contributed by atoms with Crippen LogP contribution < -0.4 is 15.5 Å². The van der Waals surface area contributed by atoms with Gasteiger partial charge in [-0.3, -0.25) is 14.3 Å². The lowest BCUT2D eigenvalue weighted by Gasteiger charge is -2.10. The minimum Gasteiger partial charge on any atom is -0.451 e. The summed E-state index contributed by atoms with van der Waals surface area (Å²) >= 11 is 5.82. The summed E-state index contributed by atoms with van der Waals surface area (Å²) in [5.74, 6) is -0.862. The second kappa shape index (κ2) is 8.25. The summed E-state index contributed by atoms with van der Waals surface area (Å²) in [4.78, 5) is 24.7. The quantitative estimate of drug-likeness (QED) is 0.462. The van der Waals surface area contributed by atoms with Crippen molar-refractivity contribution in [3.8, 4) is 0 Å². The maximum atomic E-state index is 12.7. The van der Waals surface area contributed by atoms with Gasteiger partial charge in [-0.2, -0.15) is 0 Å². The van der Waals surface area contributed by atoms with Crippen LogP contribution in [0, 0.1) is 0 Å². The smallest absolute Gasteiger partial charge is 0.291 e. The number of carbonyl (C=O) groups excluding carboxylic acids is 1. The van der Waals surface area contributed by atoms with E-state index in [1.807, 2.05) is 0 Å². The molecule has 0 fully saturated rings. The van der Waals surface area contributed by atoms with Crippen LogP contribution in [-0.4, -0.2) is 14.3 Å². The Bertz CT molecular complexity index is 1450. The minimum atomic E-state index is -3.90. The van der Waals surface area contributed by atoms with E-state index >= 15 is 0 Å². The lowest BCUT2D eigenvalue weighted by atomic mass is 10.2. The molecule has 1 heterocycles. The van der Waals surface area contributed by atoms with E-state index in [1.54, 1.807) is 36.4 Å². The number of nitrogens with one attached hydrogen (secondary N) is 2. The van der Waals surface area contributed by atoms with Gasteiger partial charge in [-0.1, -0.05) is 29.8 Å². The Labute approximate surface area is 182 Å². The van der Waals surface area contributed by atoms with Crippen molar-refractivity contribution < 1.29 is 17.6 Å². The number of carbonyl (C=O) groups is 1. The zero-order chi connectivity index (χ0) is 22.0. The van der Waals surface area contributed by atoms with Gasteiger partial charge >= 0.3 is 0 Å². The number of para-hydroxylation sites is 1. The predicted molar refractivity (Wildman–Crippen MR) is 119 cm³/mol. The summed E-state index contributed by atoms with van der Waals surface area (Å²) in [5.41, 5.74) is 0.496. The van der Waals surface area contributed by atoms with Crippen molar-refractivity contribution >= 4 is 49.9 Å². The van der Waals surface area contributed by atoms with E-state index in [4.69, 9.17) is 16.0 Å². The summed E-state index contributed by atoms with van der Waals surface area (Å²) in [6.45, 7) is 0. The van der Waals surface area contributed by atoms with E-state index in [9.17, 15) is 18.0 Å². The molecule has 0 spiro atoms. The molecule has 0 aliphatic carbocycles. The molecule has 7 nitrogen and oxygen atoms in total. The molecule has 9 heteroatoms. The standard InChI is InChI=1S/C22H15ClN2O5S/c23-14-8-10-15(11-9-14)25-31(28,29)17-5-3-4-16(12-17)24-22(27)21-13-19(26)18-6-1-2-7-20(18)30-21/h1-13,25H,(H,24,27). The molecule has 4 aromatic rings. The third-order valence-corrected chi connectivity index (χ3v) is 5.99. The maximum absolute atomic E-state index is 12.7. The van der Waals surface area contributed by atoms with Crippen LogP contribution >= 0.6 is 11.6 Å². The minimum absolute atomic E-state index is 0.0554. The second-order valence-electron chi connectivity index (χ2n) is 6.57. The van der Waals surface area contributed by atoms with Crippen molar-refractivity contribution in [1.82, 2.24) is 0 Å². The third kappa shape index (κ3) is 4.60. The van der Waals surface area contributed by atoms with Crippen molar-refractivity contribution in [2.75, 3.05) is 10.0 Å². The molecule has 2 N–H and O–H groups in total. The van der Waals surface area contributed by atoms with Crippen molar-refractivity contribution in [2.24, 2.45) is 0 Å². The van der Waals surface area contributed by atoms with Crippen molar-refractivity contribution in [1.29, 1.82) is 0 Å². The highest BCUT2D eigenvalue weighted by molar-refractivity contribution is 7.92. The fourth-order valence-corrected chi connectivity index (χ4v) is 4.11. The molecule has 0 radical (unpaired) electrons. The first kappa shape index (κ1) is 20.6. The number of fused-ring (bicyclic) bond motifs is 1. The molecule has 3 aromatic carbocycles. The molecule has 0 bridgehead atoms. The number of benzene rings is 3. The zero-order valence-electron chi connectivity index (χ0n) is 15.8. The van der Waals surface area contributed by atoms with Gasteiger partial charge in [-0.15, -0.1) is 0 Å². The number of hydrogen-bond donors (Lipinski definition) is 2. The Morgan fingerprint density at radius 1 is 0.871 bits per heavy atom. The predicted octanol–water partition coefficient (Wildman–Crippen LogP) is 4.50. The van der Waals surface area contributed by atoms with Crippen LogP contribution in [0.2, 0.25) is 5.02 Å². The second-order valence-corrected chi connectivity index (χ2v) is 8.68. The third-order valence-electron chi connectivity index (χ3n) is 4.36. The van der Waals surface area contributed by atoms with Crippen LogP contribution in [-0.2, 0) is 10.0 Å².